The van der Waals surface area contributed by atoms with Gasteiger partial charge in [-0.3, -0.25) is 4.79 Å². The van der Waals surface area contributed by atoms with Crippen LogP contribution in [0.1, 0.15) is 33.1 Å². The van der Waals surface area contributed by atoms with Gasteiger partial charge in [-0.1, -0.05) is 20.3 Å². The molecule has 0 aliphatic heterocycles. The molecule has 4 heteroatoms. The number of nitrogens with one attached hydrogen (secondary N) is 2. The Kier molecular flexibility index (Phi) is 9.52. The molecule has 2 N–H and O–H groups in total. The minimum absolute atomic E-state index is 0.0546. The molecule has 0 aliphatic rings. The highest BCUT2D eigenvalue weighted by atomic mass is 16.5. The molecule has 0 fully saturated rings. The molecule has 4 nitrogen and oxygen atoms in total. The van der Waals surface area contributed by atoms with Gasteiger partial charge in [0.1, 0.15) is 0 Å². The van der Waals surface area contributed by atoms with E-state index in [0.29, 0.717) is 13.2 Å². The fourth-order valence-corrected chi connectivity index (χ4v) is 1.40. The monoisotopic (exact) mass is 216 g/mol. The van der Waals surface area contributed by atoms with Crippen LogP contribution in [-0.4, -0.2) is 38.8 Å². The number of carbonyl (C=O) groups excluding carboxylic acids is 1. The number of hydrogen-bond donors (Lipinski definition) is 2. The fraction of sp³-hybridized carbons (Fsp3) is 0.909. The smallest absolute Gasteiger partial charge is 0.234 e. The molecule has 0 spiro atoms. The van der Waals surface area contributed by atoms with E-state index in [1.165, 1.54) is 0 Å². The van der Waals surface area contributed by atoms with E-state index < -0.39 is 0 Å². The van der Waals surface area contributed by atoms with Crippen molar-refractivity contribution >= 4 is 5.91 Å². The zero-order valence-corrected chi connectivity index (χ0v) is 10.1. The Bertz CT molecular complexity index is 157. The van der Waals surface area contributed by atoms with Crippen LogP contribution in [0.25, 0.3) is 0 Å². The Hall–Kier alpha value is -0.610. The third-order valence-corrected chi connectivity index (χ3v) is 2.08. The molecule has 1 amide bonds. The summed E-state index contributed by atoms with van der Waals surface area (Å²) in [5.74, 6) is 0.0546. The third-order valence-electron chi connectivity index (χ3n) is 2.08. The Morgan fingerprint density at radius 3 is 2.60 bits per heavy atom. The zero-order valence-electron chi connectivity index (χ0n) is 10.1. The van der Waals surface area contributed by atoms with Gasteiger partial charge in [0.2, 0.25) is 5.91 Å². The summed E-state index contributed by atoms with van der Waals surface area (Å²) < 4.78 is 5.05. The summed E-state index contributed by atoms with van der Waals surface area (Å²) in [6.45, 7) is 6.06. The predicted octanol–water partition coefficient (Wildman–Crippen LogP) is 0.917. The first kappa shape index (κ1) is 14.4. The normalized spacial score (nSPS) is 12.5. The van der Waals surface area contributed by atoms with Gasteiger partial charge in [0.15, 0.2) is 0 Å². The molecule has 0 aromatic carbocycles. The van der Waals surface area contributed by atoms with Gasteiger partial charge in [0.05, 0.1) is 19.2 Å². The molecule has 0 radical (unpaired) electrons. The van der Waals surface area contributed by atoms with Crippen LogP contribution in [0, 0.1) is 0 Å². The predicted molar refractivity (Wildman–Crippen MR) is 61.9 cm³/mol. The maximum absolute atomic E-state index is 11.4. The molecule has 0 heterocycles. The van der Waals surface area contributed by atoms with E-state index in [-0.39, 0.29) is 11.9 Å². The fourth-order valence-electron chi connectivity index (χ4n) is 1.40. The average molecular weight is 216 g/mol. The van der Waals surface area contributed by atoms with Crippen molar-refractivity contribution in [1.82, 2.24) is 10.6 Å². The first-order chi connectivity index (χ1) is 7.24. The van der Waals surface area contributed by atoms with Crippen molar-refractivity contribution in [2.24, 2.45) is 0 Å². The van der Waals surface area contributed by atoms with Crippen LogP contribution in [0.15, 0.2) is 0 Å². The van der Waals surface area contributed by atoms with E-state index in [4.69, 9.17) is 4.74 Å². The van der Waals surface area contributed by atoms with Crippen LogP contribution in [0.5, 0.6) is 0 Å². The van der Waals surface area contributed by atoms with E-state index in [1.807, 2.05) is 0 Å². The third kappa shape index (κ3) is 8.39. The second kappa shape index (κ2) is 9.93. The van der Waals surface area contributed by atoms with Crippen molar-refractivity contribution in [3.8, 4) is 0 Å². The Balaban J connectivity index is 3.67. The van der Waals surface area contributed by atoms with E-state index in [2.05, 4.69) is 24.5 Å². The Labute approximate surface area is 92.8 Å². The van der Waals surface area contributed by atoms with Crippen molar-refractivity contribution in [3.63, 3.8) is 0 Å². The first-order valence-electron chi connectivity index (χ1n) is 5.73. The lowest BCUT2D eigenvalue weighted by Gasteiger charge is -2.17. The minimum Gasteiger partial charge on any atom is -0.383 e. The average Bonchev–Trinajstić information content (AvgIpc) is 2.19. The van der Waals surface area contributed by atoms with Crippen LogP contribution in [0.4, 0.5) is 0 Å². The van der Waals surface area contributed by atoms with Crippen LogP contribution < -0.4 is 10.6 Å². The van der Waals surface area contributed by atoms with E-state index in [9.17, 15) is 4.79 Å². The molecule has 1 unspecified atom stereocenters. The lowest BCUT2D eigenvalue weighted by Crippen LogP contribution is -2.42. The first-order valence-corrected chi connectivity index (χ1v) is 5.73. The van der Waals surface area contributed by atoms with Gasteiger partial charge in [-0.15, -0.1) is 0 Å². The highest BCUT2D eigenvalue weighted by Gasteiger charge is 2.10. The molecular formula is C11H24N2O2. The molecule has 1 atom stereocenters. The summed E-state index contributed by atoms with van der Waals surface area (Å²) in [6.07, 6.45) is 3.06. The summed E-state index contributed by atoms with van der Waals surface area (Å²) in [5.41, 5.74) is 0. The van der Waals surface area contributed by atoms with Crippen LogP contribution in [0.3, 0.4) is 0 Å². The van der Waals surface area contributed by atoms with Crippen molar-refractivity contribution in [2.75, 3.05) is 26.8 Å². The van der Waals surface area contributed by atoms with Gasteiger partial charge >= 0.3 is 0 Å². The number of methoxy groups -OCH3 is 1. The number of rotatable bonds is 9. The van der Waals surface area contributed by atoms with Gasteiger partial charge in [-0.05, 0) is 19.4 Å². The van der Waals surface area contributed by atoms with E-state index in [1.54, 1.807) is 7.11 Å². The van der Waals surface area contributed by atoms with Gasteiger partial charge in [-0.2, -0.15) is 0 Å². The number of hydrogen-bond acceptors (Lipinski definition) is 3. The summed E-state index contributed by atoms with van der Waals surface area (Å²) in [6, 6.07) is 0.149. The SMILES string of the molecule is CCCNCC(=O)NC(CCC)COC. The zero-order chi connectivity index (χ0) is 11.5. The number of ether oxygens (including phenoxy) is 1. The maximum atomic E-state index is 11.4. The molecule has 0 bridgehead atoms. The second-order valence-electron chi connectivity index (χ2n) is 3.69. The lowest BCUT2D eigenvalue weighted by atomic mass is 10.2. The molecule has 0 aromatic heterocycles. The Morgan fingerprint density at radius 1 is 1.33 bits per heavy atom. The standard InChI is InChI=1S/C11H24N2O2/c1-4-6-10(9-15-3)13-11(14)8-12-7-5-2/h10,12H,4-9H2,1-3H3,(H,13,14). The molecule has 0 rings (SSSR count). The summed E-state index contributed by atoms with van der Waals surface area (Å²) in [7, 11) is 1.66. The summed E-state index contributed by atoms with van der Waals surface area (Å²) in [5, 5.41) is 6.02. The van der Waals surface area contributed by atoms with Gasteiger partial charge in [0.25, 0.3) is 0 Å². The van der Waals surface area contributed by atoms with Crippen molar-refractivity contribution in [2.45, 2.75) is 39.2 Å². The highest BCUT2D eigenvalue weighted by Crippen LogP contribution is 1.96. The van der Waals surface area contributed by atoms with E-state index in [0.717, 1.165) is 25.8 Å². The number of amides is 1. The maximum Gasteiger partial charge on any atom is 0.234 e. The largest absolute Gasteiger partial charge is 0.383 e. The molecule has 0 saturated heterocycles. The second-order valence-corrected chi connectivity index (χ2v) is 3.69. The Morgan fingerprint density at radius 2 is 2.07 bits per heavy atom. The van der Waals surface area contributed by atoms with Gasteiger partial charge < -0.3 is 15.4 Å². The molecule has 90 valence electrons. The number of carbonyl (C=O) groups is 1. The highest BCUT2D eigenvalue weighted by molar-refractivity contribution is 5.78. The van der Waals surface area contributed by atoms with Crippen LogP contribution in [-0.2, 0) is 9.53 Å². The summed E-state index contributed by atoms with van der Waals surface area (Å²) >= 11 is 0. The van der Waals surface area contributed by atoms with Crippen molar-refractivity contribution in [3.05, 3.63) is 0 Å². The molecule has 0 saturated carbocycles. The van der Waals surface area contributed by atoms with E-state index >= 15 is 0 Å². The topological polar surface area (TPSA) is 50.4 Å². The molecule has 15 heavy (non-hydrogen) atoms. The van der Waals surface area contributed by atoms with Gasteiger partial charge in [0, 0.05) is 7.11 Å². The van der Waals surface area contributed by atoms with Crippen LogP contribution >= 0.6 is 0 Å². The lowest BCUT2D eigenvalue weighted by molar-refractivity contribution is -0.121. The minimum atomic E-state index is 0.0546. The quantitative estimate of drug-likeness (QED) is 0.563. The summed E-state index contributed by atoms with van der Waals surface area (Å²) in [4.78, 5) is 11.4. The van der Waals surface area contributed by atoms with Gasteiger partial charge in [-0.25, -0.2) is 0 Å². The van der Waals surface area contributed by atoms with Crippen LogP contribution in [0.2, 0.25) is 0 Å². The van der Waals surface area contributed by atoms with Crippen molar-refractivity contribution in [1.29, 1.82) is 0 Å². The molecular weight excluding hydrogens is 192 g/mol. The molecule has 0 aromatic rings. The van der Waals surface area contributed by atoms with Crippen molar-refractivity contribution < 1.29 is 9.53 Å². The molecule has 0 aliphatic carbocycles.